The molecular weight excluding hydrogens is 488 g/mol. The number of nitrogens with one attached hydrogen (secondary N) is 1. The number of unbranched alkanes of at least 4 members (excludes halogenated alkanes) is 1. The lowest BCUT2D eigenvalue weighted by atomic mass is 9.88. The number of methoxy groups -OCH3 is 1. The van der Waals surface area contributed by atoms with E-state index in [1.165, 1.54) is 26.3 Å². The molecule has 9 nitrogen and oxygen atoms in total. The normalized spacial score (nSPS) is 21.8. The summed E-state index contributed by atoms with van der Waals surface area (Å²) in [4.78, 5) is 42.0. The van der Waals surface area contributed by atoms with E-state index in [-0.39, 0.29) is 35.3 Å². The molecule has 1 N–H and O–H groups in total. The first-order chi connectivity index (χ1) is 18.3. The molecule has 206 valence electrons. The van der Waals surface area contributed by atoms with E-state index in [2.05, 4.69) is 17.2 Å². The second-order valence-electron chi connectivity index (χ2n) is 9.52. The summed E-state index contributed by atoms with van der Waals surface area (Å²) in [7, 11) is 1.40. The molecule has 2 aromatic rings. The van der Waals surface area contributed by atoms with Crippen molar-refractivity contribution in [2.24, 2.45) is 5.92 Å². The Morgan fingerprint density at radius 1 is 1.16 bits per heavy atom. The molecule has 1 amide bonds. The Morgan fingerprint density at radius 3 is 2.61 bits per heavy atom. The fourth-order valence-electron chi connectivity index (χ4n) is 4.71. The minimum absolute atomic E-state index is 0.0349. The fraction of sp³-hybridized carbons (Fsp3) is 0.517. The number of amides is 1. The molecule has 0 bridgehead atoms. The van der Waals surface area contributed by atoms with E-state index >= 15 is 0 Å². The minimum Gasteiger partial charge on any atom is -0.493 e. The Balaban J connectivity index is 1.76. The zero-order valence-electron chi connectivity index (χ0n) is 22.6. The number of pyridine rings is 1. The number of ether oxygens (including phenoxy) is 4. The van der Waals surface area contributed by atoms with Gasteiger partial charge < -0.3 is 24.3 Å². The Bertz CT molecular complexity index is 1080. The van der Waals surface area contributed by atoms with Gasteiger partial charge in [0.25, 0.3) is 5.91 Å². The number of aromatic nitrogens is 1. The van der Waals surface area contributed by atoms with Gasteiger partial charge in [-0.05, 0) is 38.2 Å². The highest BCUT2D eigenvalue weighted by molar-refractivity contribution is 5.98. The molecule has 1 aromatic carbocycles. The Kier molecular flexibility index (Phi) is 11.1. The summed E-state index contributed by atoms with van der Waals surface area (Å²) in [6.07, 6.45) is 5.54. The van der Waals surface area contributed by atoms with Gasteiger partial charge in [0.15, 0.2) is 11.4 Å². The van der Waals surface area contributed by atoms with Crippen molar-refractivity contribution in [3.05, 3.63) is 53.9 Å². The molecular formula is C29H38N2O7. The lowest BCUT2D eigenvalue weighted by Crippen LogP contribution is -2.43. The van der Waals surface area contributed by atoms with Crippen LogP contribution in [-0.4, -0.2) is 48.2 Å². The number of rotatable bonds is 10. The van der Waals surface area contributed by atoms with Crippen LogP contribution in [0, 0.1) is 5.92 Å². The molecule has 9 heteroatoms. The first-order valence-corrected chi connectivity index (χ1v) is 13.2. The zero-order chi connectivity index (χ0) is 27.5. The van der Waals surface area contributed by atoms with E-state index in [4.69, 9.17) is 18.9 Å². The van der Waals surface area contributed by atoms with Gasteiger partial charge in [-0.2, -0.15) is 0 Å². The standard InChI is InChI=1S/C29H38N2O7/c1-5-6-13-22-19(2)37-29(34)23(14-10-15-24(22)36-18-21-11-8-7-9-12-21)31-28(33)26-27(38-20(3)32)25(35-4)16-17-30-26/h7-9,11-12,16-17,19,22-24H,5-6,10,13-15,18H2,1-4H3,(H,31,33)/t19-,22-,23-,24-/m0/s1. The molecule has 4 atom stereocenters. The van der Waals surface area contributed by atoms with E-state index in [1.54, 1.807) is 0 Å². The number of carbonyl (C=O) groups is 3. The molecule has 0 aliphatic carbocycles. The van der Waals surface area contributed by atoms with Gasteiger partial charge in [-0.25, -0.2) is 9.78 Å². The monoisotopic (exact) mass is 526 g/mol. The molecule has 0 radical (unpaired) electrons. The van der Waals surface area contributed by atoms with Crippen molar-refractivity contribution >= 4 is 17.8 Å². The number of nitrogens with zero attached hydrogens (tertiary/aromatic N) is 1. The van der Waals surface area contributed by atoms with Crippen molar-refractivity contribution in [2.45, 2.75) is 84.2 Å². The minimum atomic E-state index is -0.886. The first kappa shape index (κ1) is 29.1. The molecule has 38 heavy (non-hydrogen) atoms. The summed E-state index contributed by atoms with van der Waals surface area (Å²) in [6.45, 7) is 5.73. The Labute approximate surface area is 224 Å². The van der Waals surface area contributed by atoms with Gasteiger partial charge in [0.1, 0.15) is 12.1 Å². The van der Waals surface area contributed by atoms with Crippen LogP contribution in [0.3, 0.4) is 0 Å². The summed E-state index contributed by atoms with van der Waals surface area (Å²) >= 11 is 0. The lowest BCUT2D eigenvalue weighted by molar-refractivity contribution is -0.156. The van der Waals surface area contributed by atoms with Crippen LogP contribution in [0.2, 0.25) is 0 Å². The van der Waals surface area contributed by atoms with Gasteiger partial charge in [-0.1, -0.05) is 50.1 Å². The van der Waals surface area contributed by atoms with Crippen LogP contribution >= 0.6 is 0 Å². The summed E-state index contributed by atoms with van der Waals surface area (Å²) in [5.41, 5.74) is 0.941. The smallest absolute Gasteiger partial charge is 0.328 e. The first-order valence-electron chi connectivity index (χ1n) is 13.2. The van der Waals surface area contributed by atoms with Crippen LogP contribution in [0.1, 0.15) is 75.3 Å². The SMILES string of the molecule is CCCC[C@H]1[C@H](C)OC(=O)[C@@H](NC(=O)c2nccc(OC)c2OC(C)=O)CCC[C@@H]1OCc1ccccc1. The van der Waals surface area contributed by atoms with Crippen LogP contribution in [0.15, 0.2) is 42.6 Å². The van der Waals surface area contributed by atoms with Crippen molar-refractivity contribution in [2.75, 3.05) is 7.11 Å². The van der Waals surface area contributed by atoms with E-state index in [0.29, 0.717) is 19.4 Å². The van der Waals surface area contributed by atoms with E-state index in [0.717, 1.165) is 31.2 Å². The van der Waals surface area contributed by atoms with E-state index < -0.39 is 23.9 Å². The molecule has 1 aliphatic rings. The number of hydrogen-bond acceptors (Lipinski definition) is 8. The average molecular weight is 527 g/mol. The Morgan fingerprint density at radius 2 is 1.92 bits per heavy atom. The third-order valence-electron chi connectivity index (χ3n) is 6.70. The number of hydrogen-bond donors (Lipinski definition) is 1. The van der Waals surface area contributed by atoms with Crippen molar-refractivity contribution in [3.8, 4) is 11.5 Å². The predicted molar refractivity (Wildman–Crippen MR) is 141 cm³/mol. The third kappa shape index (κ3) is 8.02. The highest BCUT2D eigenvalue weighted by atomic mass is 16.6. The van der Waals surface area contributed by atoms with Crippen LogP contribution in [-0.2, 0) is 25.7 Å². The second-order valence-corrected chi connectivity index (χ2v) is 9.52. The molecule has 1 fully saturated rings. The maximum atomic E-state index is 13.2. The van der Waals surface area contributed by atoms with Crippen molar-refractivity contribution < 1.29 is 33.3 Å². The lowest BCUT2D eigenvalue weighted by Gasteiger charge is -2.31. The van der Waals surface area contributed by atoms with Crippen LogP contribution < -0.4 is 14.8 Å². The van der Waals surface area contributed by atoms with E-state index in [1.807, 2.05) is 37.3 Å². The summed E-state index contributed by atoms with van der Waals surface area (Å²) in [5, 5.41) is 2.73. The predicted octanol–water partition coefficient (Wildman–Crippen LogP) is 4.62. The van der Waals surface area contributed by atoms with Crippen molar-refractivity contribution in [1.29, 1.82) is 0 Å². The zero-order valence-corrected chi connectivity index (χ0v) is 22.6. The van der Waals surface area contributed by atoms with Gasteiger partial charge in [0, 0.05) is 25.1 Å². The number of benzene rings is 1. The highest BCUT2D eigenvalue weighted by Gasteiger charge is 2.35. The van der Waals surface area contributed by atoms with Crippen molar-refractivity contribution in [1.82, 2.24) is 10.3 Å². The topological polar surface area (TPSA) is 113 Å². The quantitative estimate of drug-likeness (QED) is 0.446. The maximum Gasteiger partial charge on any atom is 0.328 e. The van der Waals surface area contributed by atoms with Gasteiger partial charge in [-0.15, -0.1) is 0 Å². The molecule has 1 saturated heterocycles. The molecule has 0 unspecified atom stereocenters. The number of carbonyl (C=O) groups excluding carboxylic acids is 3. The fourth-order valence-corrected chi connectivity index (χ4v) is 4.71. The largest absolute Gasteiger partial charge is 0.493 e. The van der Waals surface area contributed by atoms with Gasteiger partial charge in [0.05, 0.1) is 19.8 Å². The molecule has 1 aromatic heterocycles. The summed E-state index contributed by atoms with van der Waals surface area (Å²) < 4.78 is 22.7. The second kappa shape index (κ2) is 14.5. The summed E-state index contributed by atoms with van der Waals surface area (Å²) in [6, 6.07) is 10.6. The van der Waals surface area contributed by atoms with Crippen molar-refractivity contribution in [3.63, 3.8) is 0 Å². The number of esters is 2. The molecule has 0 spiro atoms. The average Bonchev–Trinajstić information content (AvgIpc) is 2.95. The molecule has 1 aliphatic heterocycles. The van der Waals surface area contributed by atoms with Gasteiger partial charge in [0.2, 0.25) is 5.75 Å². The van der Waals surface area contributed by atoms with E-state index in [9.17, 15) is 14.4 Å². The molecule has 2 heterocycles. The maximum absolute atomic E-state index is 13.2. The summed E-state index contributed by atoms with van der Waals surface area (Å²) in [5.74, 6) is -1.67. The highest BCUT2D eigenvalue weighted by Crippen LogP contribution is 2.31. The van der Waals surface area contributed by atoms with Crippen LogP contribution in [0.5, 0.6) is 11.5 Å². The van der Waals surface area contributed by atoms with Crippen LogP contribution in [0.25, 0.3) is 0 Å². The van der Waals surface area contributed by atoms with Gasteiger partial charge >= 0.3 is 11.9 Å². The third-order valence-corrected chi connectivity index (χ3v) is 6.70. The Hall–Kier alpha value is -3.46. The molecule has 3 rings (SSSR count). The molecule has 0 saturated carbocycles. The van der Waals surface area contributed by atoms with Gasteiger partial charge in [-0.3, -0.25) is 9.59 Å². The number of cyclic esters (lactones) is 1. The van der Waals surface area contributed by atoms with Crippen LogP contribution in [0.4, 0.5) is 0 Å².